The fourth-order valence-electron chi connectivity index (χ4n) is 1.94. The van der Waals surface area contributed by atoms with Crippen molar-refractivity contribution in [3.8, 4) is 0 Å². The van der Waals surface area contributed by atoms with Crippen LogP contribution in [-0.2, 0) is 4.79 Å². The lowest BCUT2D eigenvalue weighted by Crippen LogP contribution is -2.34. The van der Waals surface area contributed by atoms with Gasteiger partial charge in [0.1, 0.15) is 0 Å². The van der Waals surface area contributed by atoms with Crippen molar-refractivity contribution in [3.63, 3.8) is 0 Å². The second-order valence-electron chi connectivity index (χ2n) is 4.68. The second-order valence-corrected chi connectivity index (χ2v) is 4.68. The Labute approximate surface area is 119 Å². The molecule has 0 saturated carbocycles. The van der Waals surface area contributed by atoms with Crippen molar-refractivity contribution in [3.05, 3.63) is 60.4 Å². The highest BCUT2D eigenvalue weighted by atomic mass is 16.2. The van der Waals surface area contributed by atoms with E-state index in [4.69, 9.17) is 0 Å². The van der Waals surface area contributed by atoms with Gasteiger partial charge in [0.05, 0.1) is 12.6 Å². The first-order chi connectivity index (χ1) is 9.68. The molecule has 104 valence electrons. The van der Waals surface area contributed by atoms with E-state index in [1.54, 1.807) is 17.3 Å². The number of nitrogens with one attached hydrogen (secondary N) is 1. The summed E-state index contributed by atoms with van der Waals surface area (Å²) in [6.07, 6.45) is 3.48. The van der Waals surface area contributed by atoms with Crippen LogP contribution in [0, 0.1) is 0 Å². The van der Waals surface area contributed by atoms with E-state index in [9.17, 15) is 4.79 Å². The van der Waals surface area contributed by atoms with Gasteiger partial charge in [-0.2, -0.15) is 0 Å². The Morgan fingerprint density at radius 1 is 1.20 bits per heavy atom. The number of carbonyl (C=O) groups excluding carboxylic acids is 1. The highest BCUT2D eigenvalue weighted by Crippen LogP contribution is 2.17. The Balaban J connectivity index is 1.92. The van der Waals surface area contributed by atoms with Gasteiger partial charge in [-0.05, 0) is 36.8 Å². The molecule has 0 spiro atoms. The van der Waals surface area contributed by atoms with Gasteiger partial charge in [-0.3, -0.25) is 9.78 Å². The summed E-state index contributed by atoms with van der Waals surface area (Å²) in [4.78, 5) is 17.9. The first-order valence-electron chi connectivity index (χ1n) is 6.63. The van der Waals surface area contributed by atoms with Gasteiger partial charge in [-0.25, -0.2) is 0 Å². The fraction of sp³-hybridized carbons (Fsp3) is 0.250. The number of amides is 1. The summed E-state index contributed by atoms with van der Waals surface area (Å²) in [7, 11) is 1.82. The molecule has 0 fully saturated rings. The summed E-state index contributed by atoms with van der Waals surface area (Å²) in [5.41, 5.74) is 2.03. The zero-order chi connectivity index (χ0) is 14.4. The van der Waals surface area contributed by atoms with Crippen LogP contribution in [0.2, 0.25) is 0 Å². The molecule has 0 aliphatic carbocycles. The first-order valence-corrected chi connectivity index (χ1v) is 6.63. The Morgan fingerprint density at radius 3 is 2.50 bits per heavy atom. The highest BCUT2D eigenvalue weighted by Gasteiger charge is 2.16. The van der Waals surface area contributed by atoms with Crippen molar-refractivity contribution in [2.75, 3.05) is 18.9 Å². The molecule has 2 rings (SSSR count). The van der Waals surface area contributed by atoms with Crippen molar-refractivity contribution in [1.29, 1.82) is 0 Å². The molecule has 4 nitrogen and oxygen atoms in total. The number of pyridine rings is 1. The Kier molecular flexibility index (Phi) is 4.71. The summed E-state index contributed by atoms with van der Waals surface area (Å²) < 4.78 is 0. The Hall–Kier alpha value is -2.36. The maximum atomic E-state index is 12.2. The molecule has 2 aromatic rings. The highest BCUT2D eigenvalue weighted by molar-refractivity contribution is 5.81. The number of rotatable bonds is 5. The minimum atomic E-state index is 0.0306. The predicted octanol–water partition coefficient (Wildman–Crippen LogP) is 2.71. The minimum absolute atomic E-state index is 0.0306. The van der Waals surface area contributed by atoms with Crippen LogP contribution in [0.15, 0.2) is 54.9 Å². The molecule has 0 aliphatic rings. The Bertz CT molecular complexity index is 542. The van der Waals surface area contributed by atoms with Crippen LogP contribution in [0.5, 0.6) is 0 Å². The normalized spacial score (nSPS) is 11.7. The molecule has 0 bridgehead atoms. The molecule has 1 heterocycles. The summed E-state index contributed by atoms with van der Waals surface area (Å²) >= 11 is 0. The monoisotopic (exact) mass is 269 g/mol. The number of anilines is 1. The van der Waals surface area contributed by atoms with E-state index >= 15 is 0 Å². The van der Waals surface area contributed by atoms with E-state index in [0.717, 1.165) is 11.3 Å². The average Bonchev–Trinajstić information content (AvgIpc) is 2.53. The van der Waals surface area contributed by atoms with Crippen molar-refractivity contribution in [2.45, 2.75) is 13.0 Å². The largest absolute Gasteiger partial charge is 0.376 e. The summed E-state index contributed by atoms with van der Waals surface area (Å²) in [6.45, 7) is 2.30. The third-order valence-electron chi connectivity index (χ3n) is 3.38. The van der Waals surface area contributed by atoms with Crippen molar-refractivity contribution in [2.24, 2.45) is 0 Å². The first kappa shape index (κ1) is 14.1. The predicted molar refractivity (Wildman–Crippen MR) is 80.4 cm³/mol. The van der Waals surface area contributed by atoms with E-state index in [-0.39, 0.29) is 18.5 Å². The van der Waals surface area contributed by atoms with Crippen LogP contribution in [0.3, 0.4) is 0 Å². The molecule has 1 N–H and O–H groups in total. The minimum Gasteiger partial charge on any atom is -0.376 e. The average molecular weight is 269 g/mol. The molecule has 1 aromatic carbocycles. The molecular weight excluding hydrogens is 250 g/mol. The molecule has 4 heteroatoms. The molecule has 0 saturated heterocycles. The van der Waals surface area contributed by atoms with Crippen molar-refractivity contribution in [1.82, 2.24) is 9.88 Å². The van der Waals surface area contributed by atoms with Crippen LogP contribution in [0.1, 0.15) is 18.5 Å². The molecule has 1 atom stereocenters. The topological polar surface area (TPSA) is 45.2 Å². The van der Waals surface area contributed by atoms with Gasteiger partial charge >= 0.3 is 0 Å². The molecule has 20 heavy (non-hydrogen) atoms. The standard InChI is InChI=1S/C16H19N3O/c1-13(14-8-10-17-11-9-14)19(2)16(20)12-18-15-6-4-3-5-7-15/h3-11,13,18H,12H2,1-2H3. The zero-order valence-corrected chi connectivity index (χ0v) is 11.8. The quantitative estimate of drug-likeness (QED) is 0.907. The van der Waals surface area contributed by atoms with E-state index in [2.05, 4.69) is 10.3 Å². The summed E-state index contributed by atoms with van der Waals surface area (Å²) in [5.74, 6) is 0.0539. The van der Waals surface area contributed by atoms with Crippen molar-refractivity contribution < 1.29 is 4.79 Å². The lowest BCUT2D eigenvalue weighted by atomic mass is 10.1. The van der Waals surface area contributed by atoms with Gasteiger partial charge < -0.3 is 10.2 Å². The number of aromatic nitrogens is 1. The number of hydrogen-bond donors (Lipinski definition) is 1. The maximum absolute atomic E-state index is 12.2. The molecular formula is C16H19N3O. The van der Waals surface area contributed by atoms with Gasteiger partial charge in [-0.1, -0.05) is 18.2 Å². The number of nitrogens with zero attached hydrogens (tertiary/aromatic N) is 2. The molecule has 1 unspecified atom stereocenters. The molecule has 0 radical (unpaired) electrons. The summed E-state index contributed by atoms with van der Waals surface area (Å²) in [5, 5.41) is 3.13. The van der Waals surface area contributed by atoms with Crippen LogP contribution in [0.25, 0.3) is 0 Å². The smallest absolute Gasteiger partial charge is 0.242 e. The third kappa shape index (κ3) is 3.57. The van der Waals surface area contributed by atoms with Crippen LogP contribution in [0.4, 0.5) is 5.69 Å². The van der Waals surface area contributed by atoms with Gasteiger partial charge in [-0.15, -0.1) is 0 Å². The van der Waals surface area contributed by atoms with E-state index in [1.165, 1.54) is 0 Å². The van der Waals surface area contributed by atoms with Gasteiger partial charge in [0.15, 0.2) is 0 Å². The third-order valence-corrected chi connectivity index (χ3v) is 3.38. The molecule has 1 amide bonds. The van der Waals surface area contributed by atoms with Crippen LogP contribution >= 0.6 is 0 Å². The number of carbonyl (C=O) groups is 1. The fourth-order valence-corrected chi connectivity index (χ4v) is 1.94. The number of hydrogen-bond acceptors (Lipinski definition) is 3. The van der Waals surface area contributed by atoms with Crippen molar-refractivity contribution >= 4 is 11.6 Å². The number of benzene rings is 1. The van der Waals surface area contributed by atoms with Gasteiger partial charge in [0.25, 0.3) is 0 Å². The van der Waals surface area contributed by atoms with Gasteiger partial charge in [0, 0.05) is 25.1 Å². The number of likely N-dealkylation sites (N-methyl/N-ethyl adjacent to an activating group) is 1. The lowest BCUT2D eigenvalue weighted by Gasteiger charge is -2.25. The van der Waals surface area contributed by atoms with E-state index in [0.29, 0.717) is 0 Å². The zero-order valence-electron chi connectivity index (χ0n) is 11.8. The molecule has 1 aromatic heterocycles. The van der Waals surface area contributed by atoms with Crippen LogP contribution < -0.4 is 5.32 Å². The van der Waals surface area contributed by atoms with E-state index < -0.39 is 0 Å². The number of para-hydroxylation sites is 1. The Morgan fingerprint density at radius 2 is 1.85 bits per heavy atom. The maximum Gasteiger partial charge on any atom is 0.242 e. The van der Waals surface area contributed by atoms with Gasteiger partial charge in [0.2, 0.25) is 5.91 Å². The molecule has 0 aliphatic heterocycles. The van der Waals surface area contributed by atoms with E-state index in [1.807, 2.05) is 56.4 Å². The second kappa shape index (κ2) is 6.70. The lowest BCUT2D eigenvalue weighted by molar-refractivity contribution is -0.129. The summed E-state index contributed by atoms with van der Waals surface area (Å²) in [6, 6.07) is 13.6. The van der Waals surface area contributed by atoms with Crippen LogP contribution in [-0.4, -0.2) is 29.4 Å². The SMILES string of the molecule is CC(c1ccncc1)N(C)C(=O)CNc1ccccc1.